The van der Waals surface area contributed by atoms with Crippen LogP contribution in [-0.2, 0) is 24.2 Å². The van der Waals surface area contributed by atoms with Crippen LogP contribution in [0.25, 0.3) is 0 Å². The Hall–Kier alpha value is -3.60. The molecule has 196 valence electrons. The zero-order chi connectivity index (χ0) is 27.0. The number of amides is 3. The van der Waals surface area contributed by atoms with Crippen LogP contribution in [0.3, 0.4) is 0 Å². The number of benzene rings is 2. The third-order valence-corrected chi connectivity index (χ3v) is 7.99. The second-order valence-electron chi connectivity index (χ2n) is 8.78. The number of carboxylic acid groups (broad SMARTS) is 1. The normalized spacial score (nSPS) is 14.6. The SMILES string of the molecule is O=C(N[C@H](NC(=O)c1c(Cl)cc2c(c1Cl)CCN(C(=O)c1ccc3c(c1)OCC3)C2)C(=O)O)c1cccs1. The summed E-state index contributed by atoms with van der Waals surface area (Å²) in [5, 5.41) is 15.8. The second-order valence-corrected chi connectivity index (χ2v) is 10.5. The molecule has 1 atom stereocenters. The lowest BCUT2D eigenvalue weighted by atomic mass is 9.96. The minimum atomic E-state index is -1.70. The summed E-state index contributed by atoms with van der Waals surface area (Å²) in [5.74, 6) is -2.39. The minimum Gasteiger partial charge on any atom is -0.493 e. The van der Waals surface area contributed by atoms with Gasteiger partial charge in [0.1, 0.15) is 5.75 Å². The monoisotopic (exact) mass is 573 g/mol. The van der Waals surface area contributed by atoms with Crippen molar-refractivity contribution in [2.45, 2.75) is 25.6 Å². The van der Waals surface area contributed by atoms with Crippen molar-refractivity contribution in [3.63, 3.8) is 0 Å². The Morgan fingerprint density at radius 2 is 1.82 bits per heavy atom. The molecule has 1 aromatic heterocycles. The fourth-order valence-electron chi connectivity index (χ4n) is 4.49. The maximum atomic E-state index is 13.2. The molecule has 3 heterocycles. The highest BCUT2D eigenvalue weighted by molar-refractivity contribution is 7.12. The number of fused-ring (bicyclic) bond motifs is 2. The summed E-state index contributed by atoms with van der Waals surface area (Å²) in [6, 6.07) is 10.2. The van der Waals surface area contributed by atoms with Gasteiger partial charge < -0.3 is 25.4 Å². The maximum Gasteiger partial charge on any atom is 0.347 e. The van der Waals surface area contributed by atoms with E-state index in [0.717, 1.165) is 29.1 Å². The highest BCUT2D eigenvalue weighted by atomic mass is 35.5. The molecule has 0 saturated carbocycles. The van der Waals surface area contributed by atoms with E-state index in [4.69, 9.17) is 27.9 Å². The van der Waals surface area contributed by atoms with Gasteiger partial charge in [0.15, 0.2) is 0 Å². The van der Waals surface area contributed by atoms with Gasteiger partial charge in [-0.3, -0.25) is 14.4 Å². The van der Waals surface area contributed by atoms with E-state index >= 15 is 0 Å². The predicted octanol–water partition coefficient (Wildman–Crippen LogP) is 3.76. The Bertz CT molecular complexity index is 1460. The standard InChI is InChI=1S/C26H21Cl2N3O6S/c27-17-10-15-12-31(25(34)14-4-3-13-6-8-37-18(13)11-14)7-5-16(15)21(28)20(17)24(33)30-22(26(35)36)29-23(32)19-2-1-9-38-19/h1-4,9-11,22H,5-8,12H2,(H,29,32)(H,30,33)(H,35,36)/t22-/m1/s1. The quantitative estimate of drug-likeness (QED) is 0.385. The molecule has 0 fully saturated rings. The Morgan fingerprint density at radius 3 is 2.55 bits per heavy atom. The van der Waals surface area contributed by atoms with Crippen molar-refractivity contribution in [1.82, 2.24) is 15.5 Å². The molecular weight excluding hydrogens is 553 g/mol. The molecule has 2 aliphatic rings. The molecule has 0 unspecified atom stereocenters. The van der Waals surface area contributed by atoms with E-state index in [2.05, 4.69) is 10.6 Å². The Kier molecular flexibility index (Phi) is 7.29. The largest absolute Gasteiger partial charge is 0.493 e. The van der Waals surface area contributed by atoms with E-state index in [1.807, 2.05) is 6.07 Å². The predicted molar refractivity (Wildman–Crippen MR) is 141 cm³/mol. The van der Waals surface area contributed by atoms with Gasteiger partial charge >= 0.3 is 5.97 Å². The molecule has 2 aromatic carbocycles. The number of thiophene rings is 1. The van der Waals surface area contributed by atoms with Crippen LogP contribution in [-0.4, -0.2) is 53.0 Å². The molecule has 38 heavy (non-hydrogen) atoms. The molecule has 0 aliphatic carbocycles. The maximum absolute atomic E-state index is 13.2. The van der Waals surface area contributed by atoms with Crippen molar-refractivity contribution < 1.29 is 29.0 Å². The lowest BCUT2D eigenvalue weighted by molar-refractivity contribution is -0.139. The van der Waals surface area contributed by atoms with Gasteiger partial charge in [-0.15, -0.1) is 11.3 Å². The van der Waals surface area contributed by atoms with Crippen LogP contribution < -0.4 is 15.4 Å². The number of carbonyl (C=O) groups is 4. The molecule has 12 heteroatoms. The first kappa shape index (κ1) is 26.0. The van der Waals surface area contributed by atoms with E-state index in [0.29, 0.717) is 41.1 Å². The summed E-state index contributed by atoms with van der Waals surface area (Å²) in [4.78, 5) is 52.2. The van der Waals surface area contributed by atoms with E-state index < -0.39 is 23.9 Å². The Morgan fingerprint density at radius 1 is 1.03 bits per heavy atom. The van der Waals surface area contributed by atoms with Crippen molar-refractivity contribution in [2.75, 3.05) is 13.2 Å². The molecule has 0 radical (unpaired) electrons. The molecule has 0 bridgehead atoms. The fourth-order valence-corrected chi connectivity index (χ4v) is 5.88. The number of carboxylic acids is 1. The van der Waals surface area contributed by atoms with Crippen LogP contribution in [0.4, 0.5) is 0 Å². The number of ether oxygens (including phenoxy) is 1. The van der Waals surface area contributed by atoms with Crippen LogP contribution in [0.15, 0.2) is 41.8 Å². The van der Waals surface area contributed by atoms with E-state index in [-0.39, 0.29) is 28.1 Å². The third kappa shape index (κ3) is 5.07. The second kappa shape index (κ2) is 10.6. The molecule has 5 rings (SSSR count). The van der Waals surface area contributed by atoms with Gasteiger partial charge in [0.05, 0.1) is 27.1 Å². The molecular formula is C26H21Cl2N3O6S. The molecule has 9 nitrogen and oxygen atoms in total. The van der Waals surface area contributed by atoms with Crippen molar-refractivity contribution in [3.05, 3.63) is 84.5 Å². The third-order valence-electron chi connectivity index (χ3n) is 6.40. The van der Waals surface area contributed by atoms with Gasteiger partial charge in [-0.25, -0.2) is 4.79 Å². The molecule has 3 amide bonds. The number of halogens is 2. The van der Waals surface area contributed by atoms with E-state index in [1.165, 1.54) is 6.07 Å². The molecule has 0 saturated heterocycles. The molecule has 2 aliphatic heterocycles. The number of nitrogens with zero attached hydrogens (tertiary/aromatic N) is 1. The van der Waals surface area contributed by atoms with Crippen LogP contribution in [0, 0.1) is 0 Å². The highest BCUT2D eigenvalue weighted by Crippen LogP contribution is 2.35. The summed E-state index contributed by atoms with van der Waals surface area (Å²) in [5.41, 5.74) is 2.84. The van der Waals surface area contributed by atoms with Gasteiger partial charge in [0, 0.05) is 25.1 Å². The summed E-state index contributed by atoms with van der Waals surface area (Å²) in [6.07, 6.45) is -0.511. The highest BCUT2D eigenvalue weighted by Gasteiger charge is 2.30. The minimum absolute atomic E-state index is 0.000187. The zero-order valence-electron chi connectivity index (χ0n) is 19.8. The molecule has 0 spiro atoms. The van der Waals surface area contributed by atoms with E-state index in [9.17, 15) is 24.3 Å². The lowest BCUT2D eigenvalue weighted by Crippen LogP contribution is -2.52. The molecule has 3 N–H and O–H groups in total. The fraction of sp³-hybridized carbons (Fsp3) is 0.231. The van der Waals surface area contributed by atoms with Crippen LogP contribution in [0.5, 0.6) is 5.75 Å². The van der Waals surface area contributed by atoms with Crippen molar-refractivity contribution >= 4 is 58.2 Å². The number of hydrogen-bond acceptors (Lipinski definition) is 6. The van der Waals surface area contributed by atoms with E-state index in [1.54, 1.807) is 34.5 Å². The smallest absolute Gasteiger partial charge is 0.347 e. The Labute approximate surface area is 231 Å². The number of carbonyl (C=O) groups excluding carboxylic acids is 3. The average Bonchev–Trinajstić information content (AvgIpc) is 3.59. The van der Waals surface area contributed by atoms with Gasteiger partial charge in [-0.05, 0) is 52.8 Å². The summed E-state index contributed by atoms with van der Waals surface area (Å²) in [6.45, 7) is 1.20. The summed E-state index contributed by atoms with van der Waals surface area (Å²) < 4.78 is 5.58. The van der Waals surface area contributed by atoms with Crippen molar-refractivity contribution in [3.8, 4) is 5.75 Å². The van der Waals surface area contributed by atoms with Crippen LogP contribution >= 0.6 is 34.5 Å². The molecule has 3 aromatic rings. The van der Waals surface area contributed by atoms with Crippen LogP contribution in [0.2, 0.25) is 10.0 Å². The van der Waals surface area contributed by atoms with Crippen molar-refractivity contribution in [1.29, 1.82) is 0 Å². The van der Waals surface area contributed by atoms with Gasteiger partial charge in [-0.1, -0.05) is 35.3 Å². The van der Waals surface area contributed by atoms with Crippen LogP contribution in [0.1, 0.15) is 47.1 Å². The first-order chi connectivity index (χ1) is 18.2. The first-order valence-electron chi connectivity index (χ1n) is 11.7. The first-order valence-corrected chi connectivity index (χ1v) is 13.3. The topological polar surface area (TPSA) is 125 Å². The average molecular weight is 574 g/mol. The number of hydrogen-bond donors (Lipinski definition) is 3. The number of nitrogens with one attached hydrogen (secondary N) is 2. The Balaban J connectivity index is 1.33. The van der Waals surface area contributed by atoms with Gasteiger partial charge in [-0.2, -0.15) is 0 Å². The lowest BCUT2D eigenvalue weighted by Gasteiger charge is -2.30. The summed E-state index contributed by atoms with van der Waals surface area (Å²) in [7, 11) is 0. The van der Waals surface area contributed by atoms with Crippen molar-refractivity contribution in [2.24, 2.45) is 0 Å². The van der Waals surface area contributed by atoms with Gasteiger partial charge in [0.25, 0.3) is 17.7 Å². The zero-order valence-corrected chi connectivity index (χ0v) is 22.1. The summed E-state index contributed by atoms with van der Waals surface area (Å²) >= 11 is 14.1. The number of rotatable bonds is 6. The number of aliphatic carboxylic acids is 1. The van der Waals surface area contributed by atoms with Gasteiger partial charge in [0.2, 0.25) is 6.17 Å².